The minimum Gasteiger partial charge on any atom is -0.344 e. The lowest BCUT2D eigenvalue weighted by molar-refractivity contribution is 0.666. The van der Waals surface area contributed by atoms with Crippen molar-refractivity contribution in [2.45, 2.75) is 30.5 Å². The molecule has 0 spiro atoms. The van der Waals surface area contributed by atoms with Crippen LogP contribution >= 0.6 is 27.7 Å². The molecule has 5 heteroatoms. The summed E-state index contributed by atoms with van der Waals surface area (Å²) in [7, 11) is 0. The molecule has 0 atom stereocenters. The third kappa shape index (κ3) is 5.01. The number of rotatable bonds is 7. The average Bonchev–Trinajstić information content (AvgIpc) is 2.86. The molecule has 0 saturated carbocycles. The SMILES string of the molecule is CCCNCc1cnc(CSc2ccc(Br)cc2)[nH]1. The van der Waals surface area contributed by atoms with Gasteiger partial charge in [0, 0.05) is 27.8 Å². The van der Waals surface area contributed by atoms with E-state index < -0.39 is 0 Å². The summed E-state index contributed by atoms with van der Waals surface area (Å²) in [5, 5.41) is 3.36. The van der Waals surface area contributed by atoms with Crippen molar-refractivity contribution in [3.05, 3.63) is 46.5 Å². The number of hydrogen-bond acceptors (Lipinski definition) is 3. The molecule has 102 valence electrons. The topological polar surface area (TPSA) is 40.7 Å². The van der Waals surface area contributed by atoms with Gasteiger partial charge in [-0.25, -0.2) is 4.98 Å². The highest BCUT2D eigenvalue weighted by atomic mass is 79.9. The first-order chi connectivity index (χ1) is 9.28. The fourth-order valence-electron chi connectivity index (χ4n) is 1.65. The Morgan fingerprint density at radius 3 is 2.84 bits per heavy atom. The summed E-state index contributed by atoms with van der Waals surface area (Å²) >= 11 is 5.23. The Hall–Kier alpha value is -0.780. The number of imidazole rings is 1. The molecular weight excluding hydrogens is 322 g/mol. The van der Waals surface area contributed by atoms with Crippen LogP contribution in [0.1, 0.15) is 24.9 Å². The Morgan fingerprint density at radius 1 is 1.32 bits per heavy atom. The second-order valence-corrected chi connectivity index (χ2v) is 6.24. The van der Waals surface area contributed by atoms with E-state index >= 15 is 0 Å². The minimum atomic E-state index is 0.865. The molecule has 1 aromatic carbocycles. The lowest BCUT2D eigenvalue weighted by Crippen LogP contribution is -2.13. The zero-order valence-corrected chi connectivity index (χ0v) is 13.4. The summed E-state index contributed by atoms with van der Waals surface area (Å²) < 4.78 is 1.11. The van der Waals surface area contributed by atoms with Crippen molar-refractivity contribution in [1.29, 1.82) is 0 Å². The van der Waals surface area contributed by atoms with Crippen molar-refractivity contribution in [3.8, 4) is 0 Å². The predicted molar refractivity (Wildman–Crippen MR) is 84.3 cm³/mol. The minimum absolute atomic E-state index is 0.865. The van der Waals surface area contributed by atoms with Gasteiger partial charge in [0.25, 0.3) is 0 Å². The monoisotopic (exact) mass is 339 g/mol. The van der Waals surface area contributed by atoms with Gasteiger partial charge < -0.3 is 10.3 Å². The molecule has 0 saturated heterocycles. The predicted octanol–water partition coefficient (Wildman–Crippen LogP) is 3.96. The maximum atomic E-state index is 4.40. The molecule has 1 heterocycles. The molecule has 3 nitrogen and oxygen atoms in total. The highest BCUT2D eigenvalue weighted by Crippen LogP contribution is 2.23. The van der Waals surface area contributed by atoms with Crippen molar-refractivity contribution >= 4 is 27.7 Å². The van der Waals surface area contributed by atoms with Crippen LogP contribution in [-0.2, 0) is 12.3 Å². The number of halogens is 1. The highest BCUT2D eigenvalue weighted by Gasteiger charge is 2.01. The molecule has 2 N–H and O–H groups in total. The normalized spacial score (nSPS) is 10.8. The van der Waals surface area contributed by atoms with Gasteiger partial charge in [0.1, 0.15) is 5.82 Å². The summed E-state index contributed by atoms with van der Waals surface area (Å²) in [4.78, 5) is 9.01. The number of thioether (sulfide) groups is 1. The van der Waals surface area contributed by atoms with Gasteiger partial charge in [-0.3, -0.25) is 0 Å². The van der Waals surface area contributed by atoms with Crippen LogP contribution in [0.4, 0.5) is 0 Å². The number of aromatic amines is 1. The van der Waals surface area contributed by atoms with Gasteiger partial charge in [0.2, 0.25) is 0 Å². The Labute approximate surface area is 126 Å². The van der Waals surface area contributed by atoms with Gasteiger partial charge in [0.05, 0.1) is 5.75 Å². The van der Waals surface area contributed by atoms with Crippen LogP contribution in [0.15, 0.2) is 39.8 Å². The van der Waals surface area contributed by atoms with Gasteiger partial charge in [0.15, 0.2) is 0 Å². The van der Waals surface area contributed by atoms with Crippen molar-refractivity contribution in [1.82, 2.24) is 15.3 Å². The third-order valence-electron chi connectivity index (χ3n) is 2.61. The number of aromatic nitrogens is 2. The first-order valence-corrected chi connectivity index (χ1v) is 8.17. The average molecular weight is 340 g/mol. The van der Waals surface area contributed by atoms with Crippen LogP contribution in [0.3, 0.4) is 0 Å². The van der Waals surface area contributed by atoms with Crippen molar-refractivity contribution in [3.63, 3.8) is 0 Å². The molecule has 2 rings (SSSR count). The molecule has 1 aromatic heterocycles. The van der Waals surface area contributed by atoms with E-state index in [9.17, 15) is 0 Å². The summed E-state index contributed by atoms with van der Waals surface area (Å²) in [6, 6.07) is 8.35. The zero-order chi connectivity index (χ0) is 13.5. The van der Waals surface area contributed by atoms with Crippen molar-refractivity contribution < 1.29 is 0 Å². The number of benzene rings is 1. The van der Waals surface area contributed by atoms with E-state index in [1.165, 1.54) is 4.90 Å². The maximum Gasteiger partial charge on any atom is 0.116 e. The fourth-order valence-corrected chi connectivity index (χ4v) is 2.69. The molecule has 0 aliphatic heterocycles. The van der Waals surface area contributed by atoms with Crippen molar-refractivity contribution in [2.24, 2.45) is 0 Å². The molecule has 0 aliphatic carbocycles. The van der Waals surface area contributed by atoms with Gasteiger partial charge in [-0.05, 0) is 37.2 Å². The van der Waals surface area contributed by atoms with E-state index in [0.29, 0.717) is 0 Å². The second-order valence-electron chi connectivity index (χ2n) is 4.27. The first kappa shape index (κ1) is 14.6. The van der Waals surface area contributed by atoms with Gasteiger partial charge in [-0.15, -0.1) is 11.8 Å². The van der Waals surface area contributed by atoms with Gasteiger partial charge in [-0.1, -0.05) is 22.9 Å². The quantitative estimate of drug-likeness (QED) is 0.592. The van der Waals surface area contributed by atoms with E-state index in [1.54, 1.807) is 11.8 Å². The lowest BCUT2D eigenvalue weighted by Gasteiger charge is -2.00. The fraction of sp³-hybridized carbons (Fsp3) is 0.357. The summed E-state index contributed by atoms with van der Waals surface area (Å²) in [6.45, 7) is 4.08. The number of nitrogens with zero attached hydrogens (tertiary/aromatic N) is 1. The number of nitrogens with one attached hydrogen (secondary N) is 2. The van der Waals surface area contributed by atoms with Crippen LogP contribution in [0.25, 0.3) is 0 Å². The standard InChI is InChI=1S/C14H18BrN3S/c1-2-7-16-8-12-9-17-14(18-12)10-19-13-5-3-11(15)4-6-13/h3-6,9,16H,2,7-8,10H2,1H3,(H,17,18). The highest BCUT2D eigenvalue weighted by molar-refractivity contribution is 9.10. The van der Waals surface area contributed by atoms with E-state index in [-0.39, 0.29) is 0 Å². The molecule has 0 aliphatic rings. The van der Waals surface area contributed by atoms with Crippen molar-refractivity contribution in [2.75, 3.05) is 6.54 Å². The van der Waals surface area contributed by atoms with E-state index in [1.807, 2.05) is 6.20 Å². The smallest absolute Gasteiger partial charge is 0.116 e. The Morgan fingerprint density at radius 2 is 2.11 bits per heavy atom. The van der Waals surface area contributed by atoms with Crippen LogP contribution < -0.4 is 5.32 Å². The van der Waals surface area contributed by atoms with Crippen LogP contribution in [0, 0.1) is 0 Å². The number of H-pyrrole nitrogens is 1. The van der Waals surface area contributed by atoms with E-state index in [2.05, 4.69) is 62.4 Å². The Kier molecular flexibility index (Phi) is 5.94. The molecule has 0 bridgehead atoms. The molecule has 0 radical (unpaired) electrons. The van der Waals surface area contributed by atoms with Crippen LogP contribution in [0.2, 0.25) is 0 Å². The first-order valence-electron chi connectivity index (χ1n) is 6.39. The van der Waals surface area contributed by atoms with E-state index in [4.69, 9.17) is 0 Å². The Balaban J connectivity index is 1.81. The molecule has 2 aromatic rings. The second kappa shape index (κ2) is 7.72. The molecule has 0 unspecified atom stereocenters. The maximum absolute atomic E-state index is 4.40. The third-order valence-corrected chi connectivity index (χ3v) is 4.16. The van der Waals surface area contributed by atoms with Gasteiger partial charge >= 0.3 is 0 Å². The Bertz CT molecular complexity index is 496. The largest absolute Gasteiger partial charge is 0.344 e. The number of hydrogen-bond donors (Lipinski definition) is 2. The molecular formula is C14H18BrN3S. The summed E-state index contributed by atoms with van der Waals surface area (Å²) in [6.07, 6.45) is 3.07. The van der Waals surface area contributed by atoms with Gasteiger partial charge in [-0.2, -0.15) is 0 Å². The summed E-state index contributed by atoms with van der Waals surface area (Å²) in [5.41, 5.74) is 1.15. The molecule has 19 heavy (non-hydrogen) atoms. The summed E-state index contributed by atoms with van der Waals surface area (Å²) in [5.74, 6) is 1.90. The molecule has 0 amide bonds. The zero-order valence-electron chi connectivity index (χ0n) is 10.9. The van der Waals surface area contributed by atoms with E-state index in [0.717, 1.165) is 41.3 Å². The van der Waals surface area contributed by atoms with Crippen LogP contribution in [0.5, 0.6) is 0 Å². The lowest BCUT2D eigenvalue weighted by atomic mass is 10.4. The van der Waals surface area contributed by atoms with Crippen LogP contribution in [-0.4, -0.2) is 16.5 Å². The molecule has 0 fully saturated rings.